The van der Waals surface area contributed by atoms with Crippen LogP contribution in [0.1, 0.15) is 40.5 Å². The first-order valence-corrected chi connectivity index (χ1v) is 8.40. The van der Waals surface area contributed by atoms with Crippen molar-refractivity contribution in [3.05, 3.63) is 0 Å². The third-order valence-electron chi connectivity index (χ3n) is 6.30. The predicted octanol–water partition coefficient (Wildman–Crippen LogP) is 2.41. The Morgan fingerprint density at radius 3 is 2.13 bits per heavy atom. The minimum absolute atomic E-state index is 0. The van der Waals surface area contributed by atoms with E-state index in [0.29, 0.717) is 5.41 Å². The van der Waals surface area contributed by atoms with Crippen LogP contribution in [-0.4, -0.2) is 74.3 Å². The maximum atomic E-state index is 5.55. The zero-order valence-corrected chi connectivity index (χ0v) is 18.2. The fourth-order valence-electron chi connectivity index (χ4n) is 3.47. The molecule has 0 radical (unpaired) electrons. The molecule has 5 nitrogen and oxygen atoms in total. The van der Waals surface area contributed by atoms with Gasteiger partial charge in [0, 0.05) is 49.8 Å². The standard InChI is InChI=1S/C17H34N4O.HI/c1-15(2)13-21(16(15,3)4)14(18-5)19-12-17(20(6)7)8-10-22-11-9-17;/h8-13H2,1-7H3,(H,18,19);1H. The smallest absolute Gasteiger partial charge is 0.194 e. The molecule has 2 fully saturated rings. The van der Waals surface area contributed by atoms with Crippen LogP contribution in [0.3, 0.4) is 0 Å². The summed E-state index contributed by atoms with van der Waals surface area (Å²) >= 11 is 0. The van der Waals surface area contributed by atoms with Crippen LogP contribution < -0.4 is 5.32 Å². The van der Waals surface area contributed by atoms with E-state index in [0.717, 1.165) is 45.1 Å². The second-order valence-corrected chi connectivity index (χ2v) is 8.16. The molecule has 0 spiro atoms. The van der Waals surface area contributed by atoms with Crippen molar-refractivity contribution < 1.29 is 4.74 Å². The third kappa shape index (κ3) is 3.79. The van der Waals surface area contributed by atoms with Gasteiger partial charge in [-0.15, -0.1) is 24.0 Å². The fourth-order valence-corrected chi connectivity index (χ4v) is 3.47. The van der Waals surface area contributed by atoms with Gasteiger partial charge in [-0.05, 0) is 40.8 Å². The van der Waals surface area contributed by atoms with Crippen molar-refractivity contribution in [1.29, 1.82) is 0 Å². The molecule has 2 aliphatic heterocycles. The van der Waals surface area contributed by atoms with Crippen LogP contribution in [0, 0.1) is 5.41 Å². The number of nitrogens with one attached hydrogen (secondary N) is 1. The molecule has 23 heavy (non-hydrogen) atoms. The Morgan fingerprint density at radius 1 is 1.17 bits per heavy atom. The number of aliphatic imine (C=N–C) groups is 1. The lowest BCUT2D eigenvalue weighted by atomic mass is 9.65. The second-order valence-electron chi connectivity index (χ2n) is 8.16. The van der Waals surface area contributed by atoms with Gasteiger partial charge in [0.2, 0.25) is 0 Å². The molecular formula is C17H35IN4O. The summed E-state index contributed by atoms with van der Waals surface area (Å²) in [5.74, 6) is 1.03. The zero-order chi connectivity index (χ0) is 16.6. The summed E-state index contributed by atoms with van der Waals surface area (Å²) < 4.78 is 5.55. The molecule has 6 heteroatoms. The summed E-state index contributed by atoms with van der Waals surface area (Å²) in [6.45, 7) is 12.9. The van der Waals surface area contributed by atoms with E-state index in [9.17, 15) is 0 Å². The first-order valence-electron chi connectivity index (χ1n) is 8.40. The number of guanidine groups is 1. The number of halogens is 1. The molecule has 2 aliphatic rings. The topological polar surface area (TPSA) is 40.1 Å². The maximum Gasteiger partial charge on any atom is 0.194 e. The number of rotatable bonds is 3. The molecule has 0 bridgehead atoms. The Balaban J connectivity index is 0.00000264. The van der Waals surface area contributed by atoms with Gasteiger partial charge < -0.3 is 19.9 Å². The Hall–Kier alpha value is -0.0800. The lowest BCUT2D eigenvalue weighted by Crippen LogP contribution is -2.73. The first kappa shape index (κ1) is 21.0. The fraction of sp³-hybridized carbons (Fsp3) is 0.941. The molecule has 0 aliphatic carbocycles. The molecular weight excluding hydrogens is 403 g/mol. The molecule has 2 heterocycles. The van der Waals surface area contributed by atoms with Crippen molar-refractivity contribution in [1.82, 2.24) is 15.1 Å². The molecule has 2 saturated heterocycles. The van der Waals surface area contributed by atoms with Gasteiger partial charge in [0.05, 0.1) is 0 Å². The van der Waals surface area contributed by atoms with Crippen LogP contribution in [0.15, 0.2) is 4.99 Å². The van der Waals surface area contributed by atoms with Crippen LogP contribution >= 0.6 is 24.0 Å². The largest absolute Gasteiger partial charge is 0.381 e. The molecule has 0 aromatic heterocycles. The molecule has 0 aromatic carbocycles. The average Bonchev–Trinajstić information content (AvgIpc) is 2.47. The minimum Gasteiger partial charge on any atom is -0.381 e. The van der Waals surface area contributed by atoms with E-state index in [-0.39, 0.29) is 35.1 Å². The normalized spacial score (nSPS) is 25.6. The highest BCUT2D eigenvalue weighted by atomic mass is 127. The monoisotopic (exact) mass is 438 g/mol. The van der Waals surface area contributed by atoms with E-state index in [1.54, 1.807) is 0 Å². The number of hydrogen-bond acceptors (Lipinski definition) is 3. The summed E-state index contributed by atoms with van der Waals surface area (Å²) in [6, 6.07) is 0. The summed E-state index contributed by atoms with van der Waals surface area (Å²) in [5.41, 5.74) is 0.622. The summed E-state index contributed by atoms with van der Waals surface area (Å²) in [6.07, 6.45) is 2.14. The van der Waals surface area contributed by atoms with Gasteiger partial charge in [-0.25, -0.2) is 0 Å². The summed E-state index contributed by atoms with van der Waals surface area (Å²) in [5, 5.41) is 3.64. The van der Waals surface area contributed by atoms with E-state index < -0.39 is 0 Å². The van der Waals surface area contributed by atoms with Gasteiger partial charge in [0.25, 0.3) is 0 Å². The molecule has 136 valence electrons. The van der Waals surface area contributed by atoms with Crippen molar-refractivity contribution in [3.8, 4) is 0 Å². The van der Waals surface area contributed by atoms with Crippen LogP contribution in [-0.2, 0) is 4.74 Å². The van der Waals surface area contributed by atoms with Gasteiger partial charge in [-0.3, -0.25) is 4.99 Å². The molecule has 0 atom stereocenters. The zero-order valence-electron chi connectivity index (χ0n) is 15.9. The quantitative estimate of drug-likeness (QED) is 0.418. The van der Waals surface area contributed by atoms with Crippen LogP contribution in [0.5, 0.6) is 0 Å². The van der Waals surface area contributed by atoms with Crippen molar-refractivity contribution in [2.45, 2.75) is 51.6 Å². The highest BCUT2D eigenvalue weighted by Gasteiger charge is 2.53. The average molecular weight is 438 g/mol. The minimum atomic E-state index is 0. The van der Waals surface area contributed by atoms with E-state index in [1.807, 2.05) is 7.05 Å². The lowest BCUT2D eigenvalue weighted by molar-refractivity contribution is -0.0678. The summed E-state index contributed by atoms with van der Waals surface area (Å²) in [7, 11) is 6.23. The van der Waals surface area contributed by atoms with Crippen molar-refractivity contribution >= 4 is 29.9 Å². The van der Waals surface area contributed by atoms with Crippen molar-refractivity contribution in [2.75, 3.05) is 47.4 Å². The molecule has 0 amide bonds. The van der Waals surface area contributed by atoms with Gasteiger partial charge in [0.1, 0.15) is 0 Å². The van der Waals surface area contributed by atoms with Crippen molar-refractivity contribution in [2.24, 2.45) is 10.4 Å². The third-order valence-corrected chi connectivity index (χ3v) is 6.30. The Bertz CT molecular complexity index is 428. The van der Waals surface area contributed by atoms with Crippen LogP contribution in [0.4, 0.5) is 0 Å². The lowest BCUT2D eigenvalue weighted by Gasteiger charge is -2.62. The van der Waals surface area contributed by atoms with Crippen molar-refractivity contribution in [3.63, 3.8) is 0 Å². The van der Waals surface area contributed by atoms with E-state index in [4.69, 9.17) is 4.74 Å². The van der Waals surface area contributed by atoms with E-state index >= 15 is 0 Å². The first-order chi connectivity index (χ1) is 10.2. The molecule has 0 aromatic rings. The summed E-state index contributed by atoms with van der Waals surface area (Å²) in [4.78, 5) is 9.27. The highest BCUT2D eigenvalue weighted by Crippen LogP contribution is 2.46. The molecule has 0 unspecified atom stereocenters. The Kier molecular flexibility index (Phi) is 6.78. The van der Waals surface area contributed by atoms with Crippen LogP contribution in [0.25, 0.3) is 0 Å². The maximum absolute atomic E-state index is 5.55. The van der Waals surface area contributed by atoms with E-state index in [2.05, 4.69) is 61.9 Å². The molecule has 0 saturated carbocycles. The van der Waals surface area contributed by atoms with Gasteiger partial charge in [0.15, 0.2) is 5.96 Å². The predicted molar refractivity (Wildman–Crippen MR) is 108 cm³/mol. The Labute approximate surface area is 159 Å². The van der Waals surface area contributed by atoms with Gasteiger partial charge >= 0.3 is 0 Å². The molecule has 1 N–H and O–H groups in total. The second kappa shape index (κ2) is 7.44. The Morgan fingerprint density at radius 2 is 1.74 bits per heavy atom. The van der Waals surface area contributed by atoms with Gasteiger partial charge in [-0.2, -0.15) is 0 Å². The number of hydrogen-bond donors (Lipinski definition) is 1. The number of nitrogens with zero attached hydrogens (tertiary/aromatic N) is 3. The number of ether oxygens (including phenoxy) is 1. The molecule has 2 rings (SSSR count). The SMILES string of the molecule is CN=C(NCC1(N(C)C)CCOCC1)N1CC(C)(C)C1(C)C.I. The number of likely N-dealkylation sites (tertiary alicyclic amines) is 1. The van der Waals surface area contributed by atoms with Crippen LogP contribution in [0.2, 0.25) is 0 Å². The van der Waals surface area contributed by atoms with E-state index in [1.165, 1.54) is 0 Å². The highest BCUT2D eigenvalue weighted by molar-refractivity contribution is 14.0. The number of likely N-dealkylation sites (N-methyl/N-ethyl adjacent to an activating group) is 1. The van der Waals surface area contributed by atoms with Gasteiger partial charge in [-0.1, -0.05) is 13.8 Å².